The molecule has 1 aliphatic carbocycles. The number of nitrogens with one attached hydrogen (secondary N) is 3. The van der Waals surface area contributed by atoms with E-state index in [9.17, 15) is 19.2 Å². The third-order valence-corrected chi connectivity index (χ3v) is 4.99. The van der Waals surface area contributed by atoms with Gasteiger partial charge in [-0.25, -0.2) is 4.98 Å². The van der Waals surface area contributed by atoms with Crippen molar-refractivity contribution in [1.29, 1.82) is 5.26 Å². The zero-order chi connectivity index (χ0) is 26.4. The molecule has 35 heavy (non-hydrogen) atoms. The van der Waals surface area contributed by atoms with E-state index < -0.39 is 17.9 Å². The molecule has 0 aromatic carbocycles. The van der Waals surface area contributed by atoms with Gasteiger partial charge in [-0.1, -0.05) is 40.5 Å². The van der Waals surface area contributed by atoms with E-state index in [0.717, 1.165) is 5.92 Å². The molecule has 3 rings (SSSR count). The molecule has 11 nitrogen and oxygen atoms in total. The molecule has 0 spiro atoms. The number of nitriles is 1. The number of nitrogens with zero attached hydrogens (tertiary/aromatic N) is 3. The maximum absolute atomic E-state index is 11.8. The van der Waals surface area contributed by atoms with Crippen LogP contribution in [0.25, 0.3) is 0 Å². The van der Waals surface area contributed by atoms with Crippen molar-refractivity contribution in [2.45, 2.75) is 65.8 Å². The quantitative estimate of drug-likeness (QED) is 0.444. The fourth-order valence-corrected chi connectivity index (χ4v) is 2.86. The number of carbonyl (C=O) groups is 4. The number of nitrogens with two attached hydrogens (primary N) is 1. The molecule has 1 saturated heterocycles. The second-order valence-electron chi connectivity index (χ2n) is 9.91. The highest BCUT2D eigenvalue weighted by molar-refractivity contribution is 5.90. The Bertz CT molecular complexity index is 889. The predicted molar refractivity (Wildman–Crippen MR) is 129 cm³/mol. The number of rotatable bonds is 7. The SMILES string of the molecule is CC(C)(C)CC(=O)NCC(=O)NC(C#N)CC1CCNC1=O.CC1CC1.NC(=O)c1cnccn1. The van der Waals surface area contributed by atoms with Crippen LogP contribution in [0.1, 0.15) is 70.3 Å². The third kappa shape index (κ3) is 14.3. The van der Waals surface area contributed by atoms with Gasteiger partial charge < -0.3 is 21.7 Å². The predicted octanol–water partition coefficient (Wildman–Crippen LogP) is 1.07. The Balaban J connectivity index is 0.000000379. The van der Waals surface area contributed by atoms with Gasteiger partial charge in [-0.3, -0.25) is 24.2 Å². The molecule has 2 atom stereocenters. The highest BCUT2D eigenvalue weighted by Gasteiger charge is 2.28. The molecule has 2 heterocycles. The van der Waals surface area contributed by atoms with Crippen molar-refractivity contribution in [2.75, 3.05) is 13.1 Å². The molecule has 2 unspecified atom stereocenters. The summed E-state index contributed by atoms with van der Waals surface area (Å²) in [4.78, 5) is 52.5. The van der Waals surface area contributed by atoms with Crippen LogP contribution in [0, 0.1) is 28.6 Å². The van der Waals surface area contributed by atoms with E-state index in [0.29, 0.717) is 25.8 Å². The maximum Gasteiger partial charge on any atom is 0.268 e. The molecule has 5 N–H and O–H groups in total. The van der Waals surface area contributed by atoms with Crippen LogP contribution in [0.4, 0.5) is 0 Å². The Morgan fingerprint density at radius 1 is 1.23 bits per heavy atom. The van der Waals surface area contributed by atoms with Crippen LogP contribution in [0.3, 0.4) is 0 Å². The molecule has 1 saturated carbocycles. The van der Waals surface area contributed by atoms with Crippen molar-refractivity contribution < 1.29 is 19.2 Å². The summed E-state index contributed by atoms with van der Waals surface area (Å²) >= 11 is 0. The Morgan fingerprint density at radius 3 is 2.29 bits per heavy atom. The van der Waals surface area contributed by atoms with E-state index in [2.05, 4.69) is 32.8 Å². The molecule has 2 fully saturated rings. The topological polar surface area (TPSA) is 180 Å². The number of hydrogen-bond donors (Lipinski definition) is 4. The van der Waals surface area contributed by atoms with Crippen LogP contribution in [0.5, 0.6) is 0 Å². The van der Waals surface area contributed by atoms with Gasteiger partial charge in [-0.2, -0.15) is 5.26 Å². The average molecular weight is 488 g/mol. The van der Waals surface area contributed by atoms with Crippen molar-refractivity contribution in [3.63, 3.8) is 0 Å². The molecule has 1 aliphatic heterocycles. The molecule has 2 aliphatic rings. The van der Waals surface area contributed by atoms with Gasteiger partial charge in [0, 0.05) is 31.3 Å². The van der Waals surface area contributed by atoms with Gasteiger partial charge in [0.1, 0.15) is 11.7 Å². The number of carbonyl (C=O) groups excluding carboxylic acids is 4. The zero-order valence-electron chi connectivity index (χ0n) is 21.0. The summed E-state index contributed by atoms with van der Waals surface area (Å²) in [5.41, 5.74) is 4.92. The van der Waals surface area contributed by atoms with Crippen LogP contribution in [-0.2, 0) is 14.4 Å². The Kier molecular flexibility index (Phi) is 12.3. The Labute approximate surface area is 206 Å². The summed E-state index contributed by atoms with van der Waals surface area (Å²) in [7, 11) is 0. The lowest BCUT2D eigenvalue weighted by molar-refractivity contribution is -0.127. The summed E-state index contributed by atoms with van der Waals surface area (Å²) < 4.78 is 0. The van der Waals surface area contributed by atoms with Gasteiger partial charge in [-0.05, 0) is 24.2 Å². The minimum Gasteiger partial charge on any atom is -0.364 e. The molecular weight excluding hydrogens is 450 g/mol. The van der Waals surface area contributed by atoms with Gasteiger partial charge in [0.05, 0.1) is 18.8 Å². The lowest BCUT2D eigenvalue weighted by atomic mass is 9.92. The van der Waals surface area contributed by atoms with E-state index in [1.54, 1.807) is 0 Å². The summed E-state index contributed by atoms with van der Waals surface area (Å²) in [6, 6.07) is 1.26. The molecule has 0 radical (unpaired) electrons. The standard InChI is InChI=1S/C15H24N4O3.C5H5N3O.C4H8/c1-15(2,3)7-12(20)18-9-13(21)19-11(8-16)6-10-4-5-17-14(10)22;6-5(9)4-3-7-1-2-8-4;1-4-2-3-4/h10-11H,4-7,9H2,1-3H3,(H,17,22)(H,18,20)(H,19,21);1-3H,(H2,6,9);4H,2-3H2,1H3. The van der Waals surface area contributed by atoms with Crippen LogP contribution in [-0.4, -0.2) is 52.7 Å². The van der Waals surface area contributed by atoms with Crippen molar-refractivity contribution in [1.82, 2.24) is 25.9 Å². The minimum atomic E-state index is -0.721. The van der Waals surface area contributed by atoms with Crippen LogP contribution >= 0.6 is 0 Å². The number of hydrogen-bond acceptors (Lipinski definition) is 7. The fourth-order valence-electron chi connectivity index (χ4n) is 2.86. The second kappa shape index (κ2) is 14.7. The first-order valence-corrected chi connectivity index (χ1v) is 11.7. The smallest absolute Gasteiger partial charge is 0.268 e. The second-order valence-corrected chi connectivity index (χ2v) is 9.91. The Morgan fingerprint density at radius 2 is 1.89 bits per heavy atom. The van der Waals surface area contributed by atoms with Gasteiger partial charge in [0.25, 0.3) is 5.91 Å². The maximum atomic E-state index is 11.8. The van der Waals surface area contributed by atoms with Crippen LogP contribution in [0.2, 0.25) is 0 Å². The highest BCUT2D eigenvalue weighted by Crippen LogP contribution is 2.26. The zero-order valence-corrected chi connectivity index (χ0v) is 21.0. The average Bonchev–Trinajstić information content (AvgIpc) is 3.47. The van der Waals surface area contributed by atoms with Gasteiger partial charge in [0.15, 0.2) is 0 Å². The first-order chi connectivity index (χ1) is 16.4. The number of amides is 4. The van der Waals surface area contributed by atoms with E-state index in [1.807, 2.05) is 26.8 Å². The monoisotopic (exact) mass is 487 g/mol. The van der Waals surface area contributed by atoms with Crippen molar-refractivity contribution in [2.24, 2.45) is 23.0 Å². The summed E-state index contributed by atoms with van der Waals surface area (Å²) in [5, 5.41) is 16.8. The van der Waals surface area contributed by atoms with E-state index in [4.69, 9.17) is 11.0 Å². The van der Waals surface area contributed by atoms with Crippen LogP contribution < -0.4 is 21.7 Å². The Hall–Kier alpha value is -3.55. The van der Waals surface area contributed by atoms with Gasteiger partial charge in [-0.15, -0.1) is 0 Å². The van der Waals surface area contributed by atoms with Crippen molar-refractivity contribution >= 4 is 23.6 Å². The molecular formula is C24H37N7O4. The molecule has 192 valence electrons. The minimum absolute atomic E-state index is 0.0759. The lowest BCUT2D eigenvalue weighted by Gasteiger charge is -2.18. The largest absolute Gasteiger partial charge is 0.364 e. The highest BCUT2D eigenvalue weighted by atomic mass is 16.2. The summed E-state index contributed by atoms with van der Waals surface area (Å²) in [6.07, 6.45) is 8.48. The molecule has 11 heteroatoms. The first kappa shape index (κ1) is 29.5. The lowest BCUT2D eigenvalue weighted by Crippen LogP contribution is -2.43. The number of aromatic nitrogens is 2. The normalized spacial score (nSPS) is 17.2. The molecule has 1 aromatic rings. The van der Waals surface area contributed by atoms with Crippen LogP contribution in [0.15, 0.2) is 18.6 Å². The van der Waals surface area contributed by atoms with Crippen molar-refractivity contribution in [3.8, 4) is 6.07 Å². The first-order valence-electron chi connectivity index (χ1n) is 11.7. The molecule has 4 amide bonds. The molecule has 0 bridgehead atoms. The van der Waals surface area contributed by atoms with E-state index >= 15 is 0 Å². The fraction of sp³-hybridized carbons (Fsp3) is 0.625. The number of primary amides is 1. The van der Waals surface area contributed by atoms with E-state index in [-0.39, 0.29) is 35.4 Å². The van der Waals surface area contributed by atoms with E-state index in [1.165, 1.54) is 31.4 Å². The summed E-state index contributed by atoms with van der Waals surface area (Å²) in [5.74, 6) is -0.407. The van der Waals surface area contributed by atoms with Gasteiger partial charge in [0.2, 0.25) is 17.7 Å². The van der Waals surface area contributed by atoms with Gasteiger partial charge >= 0.3 is 0 Å². The third-order valence-electron chi connectivity index (χ3n) is 4.99. The molecule has 1 aromatic heterocycles. The summed E-state index contributed by atoms with van der Waals surface area (Å²) in [6.45, 7) is 8.53. The van der Waals surface area contributed by atoms with Crippen molar-refractivity contribution in [3.05, 3.63) is 24.3 Å².